The molecular weight excluding hydrogens is 266 g/mol. The van der Waals surface area contributed by atoms with Crippen molar-refractivity contribution in [2.24, 2.45) is 0 Å². The average Bonchev–Trinajstić information content (AvgIpc) is 2.94. The van der Waals surface area contributed by atoms with E-state index in [1.807, 2.05) is 35.0 Å². The molecule has 3 rings (SSSR count). The highest BCUT2D eigenvalue weighted by atomic mass is 16.5. The summed E-state index contributed by atoms with van der Waals surface area (Å²) in [6.45, 7) is 0.591. The first-order valence-electron chi connectivity index (χ1n) is 6.43. The van der Waals surface area contributed by atoms with Gasteiger partial charge in [0.15, 0.2) is 5.69 Å². The molecule has 0 fully saturated rings. The van der Waals surface area contributed by atoms with Gasteiger partial charge in [-0.3, -0.25) is 0 Å². The lowest BCUT2D eigenvalue weighted by Crippen LogP contribution is -2.00. The fourth-order valence-corrected chi connectivity index (χ4v) is 2.34. The van der Waals surface area contributed by atoms with E-state index in [4.69, 9.17) is 4.74 Å². The standard InChI is InChI=1S/C16H13N3O2/c1-21-12-4-2-11(3-5-12)10-19-7-6-13-15(20)9-18-14(8-17)16(13)19/h2-7,9,20H,10H2,1H3. The Bertz CT molecular complexity index is 829. The number of hydrogen-bond donors (Lipinski definition) is 1. The summed E-state index contributed by atoms with van der Waals surface area (Å²) in [5.74, 6) is 0.880. The molecule has 5 heteroatoms. The number of aromatic hydroxyl groups is 1. The van der Waals surface area contributed by atoms with Gasteiger partial charge in [-0.2, -0.15) is 5.26 Å². The first-order chi connectivity index (χ1) is 10.2. The van der Waals surface area contributed by atoms with Crippen LogP contribution in [0.5, 0.6) is 11.5 Å². The maximum Gasteiger partial charge on any atom is 0.165 e. The summed E-state index contributed by atoms with van der Waals surface area (Å²) in [6, 6.07) is 11.6. The average molecular weight is 279 g/mol. The van der Waals surface area contributed by atoms with Crippen molar-refractivity contribution in [3.63, 3.8) is 0 Å². The van der Waals surface area contributed by atoms with E-state index >= 15 is 0 Å². The van der Waals surface area contributed by atoms with Crippen LogP contribution in [0.1, 0.15) is 11.3 Å². The van der Waals surface area contributed by atoms with Gasteiger partial charge in [0.25, 0.3) is 0 Å². The number of nitriles is 1. The van der Waals surface area contributed by atoms with Crippen LogP contribution < -0.4 is 4.74 Å². The quantitative estimate of drug-likeness (QED) is 0.800. The second-order valence-electron chi connectivity index (χ2n) is 4.66. The number of pyridine rings is 1. The maximum absolute atomic E-state index is 9.84. The van der Waals surface area contributed by atoms with Gasteiger partial charge in [-0.25, -0.2) is 4.98 Å². The molecule has 2 aromatic heterocycles. The molecule has 1 aromatic carbocycles. The Balaban J connectivity index is 2.04. The third kappa shape index (κ3) is 2.28. The molecular formula is C16H13N3O2. The van der Waals surface area contributed by atoms with Crippen LogP contribution in [0.2, 0.25) is 0 Å². The van der Waals surface area contributed by atoms with Gasteiger partial charge in [0.05, 0.1) is 18.8 Å². The molecule has 0 saturated heterocycles. The molecule has 0 bridgehead atoms. The predicted molar refractivity (Wildman–Crippen MR) is 78.2 cm³/mol. The number of ether oxygens (including phenoxy) is 1. The van der Waals surface area contributed by atoms with Crippen LogP contribution in [-0.2, 0) is 6.54 Å². The lowest BCUT2D eigenvalue weighted by Gasteiger charge is -2.08. The molecule has 104 valence electrons. The smallest absolute Gasteiger partial charge is 0.165 e. The van der Waals surface area contributed by atoms with Crippen molar-refractivity contribution in [1.29, 1.82) is 5.26 Å². The van der Waals surface area contributed by atoms with Crippen molar-refractivity contribution < 1.29 is 9.84 Å². The molecule has 0 unspecified atom stereocenters. The number of hydrogen-bond acceptors (Lipinski definition) is 4. The van der Waals surface area contributed by atoms with Crippen LogP contribution in [0, 0.1) is 11.3 Å². The first-order valence-corrected chi connectivity index (χ1v) is 6.43. The van der Waals surface area contributed by atoms with Gasteiger partial charge in [-0.1, -0.05) is 12.1 Å². The van der Waals surface area contributed by atoms with Crippen molar-refractivity contribution >= 4 is 10.9 Å². The van der Waals surface area contributed by atoms with E-state index in [9.17, 15) is 10.4 Å². The van der Waals surface area contributed by atoms with E-state index in [1.165, 1.54) is 6.20 Å². The topological polar surface area (TPSA) is 71.1 Å². The van der Waals surface area contributed by atoms with Crippen molar-refractivity contribution in [2.75, 3.05) is 7.11 Å². The van der Waals surface area contributed by atoms with Crippen LogP contribution in [-0.4, -0.2) is 21.8 Å². The Morgan fingerprint density at radius 3 is 2.71 bits per heavy atom. The number of benzene rings is 1. The second-order valence-corrected chi connectivity index (χ2v) is 4.66. The first kappa shape index (κ1) is 13.0. The predicted octanol–water partition coefficient (Wildman–Crippen LogP) is 2.67. The van der Waals surface area contributed by atoms with Gasteiger partial charge in [-0.05, 0) is 23.8 Å². The number of aromatic nitrogens is 2. The Hall–Kier alpha value is -3.00. The summed E-state index contributed by atoms with van der Waals surface area (Å²) in [5, 5.41) is 19.7. The van der Waals surface area contributed by atoms with Gasteiger partial charge in [0.2, 0.25) is 0 Å². The van der Waals surface area contributed by atoms with Gasteiger partial charge in [0, 0.05) is 18.1 Å². The molecule has 0 aliphatic heterocycles. The second kappa shape index (κ2) is 5.17. The molecule has 0 aliphatic rings. The van der Waals surface area contributed by atoms with E-state index in [-0.39, 0.29) is 5.75 Å². The van der Waals surface area contributed by atoms with E-state index in [0.717, 1.165) is 11.3 Å². The minimum absolute atomic E-state index is 0.0810. The molecule has 0 aliphatic carbocycles. The van der Waals surface area contributed by atoms with Crippen molar-refractivity contribution in [3.05, 3.63) is 54.0 Å². The van der Waals surface area contributed by atoms with E-state index in [1.54, 1.807) is 13.2 Å². The Morgan fingerprint density at radius 1 is 1.29 bits per heavy atom. The lowest BCUT2D eigenvalue weighted by atomic mass is 10.2. The zero-order chi connectivity index (χ0) is 14.8. The summed E-state index contributed by atoms with van der Waals surface area (Å²) in [5.41, 5.74) is 2.02. The van der Waals surface area contributed by atoms with Gasteiger partial charge < -0.3 is 14.4 Å². The molecule has 0 atom stereocenters. The molecule has 0 amide bonds. The number of rotatable bonds is 3. The normalized spacial score (nSPS) is 10.5. The van der Waals surface area contributed by atoms with Crippen molar-refractivity contribution in [1.82, 2.24) is 9.55 Å². The Kier molecular flexibility index (Phi) is 3.20. The lowest BCUT2D eigenvalue weighted by molar-refractivity contribution is 0.414. The highest BCUT2D eigenvalue weighted by Gasteiger charge is 2.11. The monoisotopic (exact) mass is 279 g/mol. The molecule has 0 saturated carbocycles. The summed E-state index contributed by atoms with van der Waals surface area (Å²) >= 11 is 0. The highest BCUT2D eigenvalue weighted by molar-refractivity contribution is 5.89. The van der Waals surface area contributed by atoms with Crippen LogP contribution in [0.25, 0.3) is 10.9 Å². The van der Waals surface area contributed by atoms with Crippen LogP contribution in [0.15, 0.2) is 42.7 Å². The Morgan fingerprint density at radius 2 is 2.05 bits per heavy atom. The SMILES string of the molecule is COc1ccc(Cn2ccc3c(O)cnc(C#N)c32)cc1. The minimum atomic E-state index is 0.0810. The van der Waals surface area contributed by atoms with E-state index in [2.05, 4.69) is 11.1 Å². The number of methoxy groups -OCH3 is 1. The summed E-state index contributed by atoms with van der Waals surface area (Å²) in [6.07, 6.45) is 3.15. The van der Waals surface area contributed by atoms with Crippen LogP contribution >= 0.6 is 0 Å². The maximum atomic E-state index is 9.84. The molecule has 3 aromatic rings. The summed E-state index contributed by atoms with van der Waals surface area (Å²) in [7, 11) is 1.63. The molecule has 1 N–H and O–H groups in total. The minimum Gasteiger partial charge on any atom is -0.506 e. The zero-order valence-corrected chi connectivity index (χ0v) is 11.4. The highest BCUT2D eigenvalue weighted by Crippen LogP contribution is 2.27. The molecule has 0 radical (unpaired) electrons. The zero-order valence-electron chi connectivity index (χ0n) is 11.4. The Labute approximate surface area is 121 Å². The fourth-order valence-electron chi connectivity index (χ4n) is 2.34. The third-order valence-corrected chi connectivity index (χ3v) is 3.40. The van der Waals surface area contributed by atoms with Gasteiger partial charge in [0.1, 0.15) is 17.6 Å². The molecule has 0 spiro atoms. The van der Waals surface area contributed by atoms with E-state index in [0.29, 0.717) is 23.1 Å². The van der Waals surface area contributed by atoms with Gasteiger partial charge in [-0.15, -0.1) is 0 Å². The van der Waals surface area contributed by atoms with Crippen LogP contribution in [0.3, 0.4) is 0 Å². The summed E-state index contributed by atoms with van der Waals surface area (Å²) < 4.78 is 7.04. The van der Waals surface area contributed by atoms with Gasteiger partial charge >= 0.3 is 0 Å². The largest absolute Gasteiger partial charge is 0.506 e. The molecule has 21 heavy (non-hydrogen) atoms. The van der Waals surface area contributed by atoms with Crippen molar-refractivity contribution in [3.8, 4) is 17.6 Å². The number of fused-ring (bicyclic) bond motifs is 1. The van der Waals surface area contributed by atoms with Crippen molar-refractivity contribution in [2.45, 2.75) is 6.54 Å². The number of nitrogens with zero attached hydrogens (tertiary/aromatic N) is 3. The summed E-state index contributed by atoms with van der Waals surface area (Å²) in [4.78, 5) is 3.97. The molecule has 2 heterocycles. The van der Waals surface area contributed by atoms with Crippen LogP contribution in [0.4, 0.5) is 0 Å². The third-order valence-electron chi connectivity index (χ3n) is 3.40. The molecule has 5 nitrogen and oxygen atoms in total. The fraction of sp³-hybridized carbons (Fsp3) is 0.125. The van der Waals surface area contributed by atoms with E-state index < -0.39 is 0 Å².